The van der Waals surface area contributed by atoms with Crippen molar-refractivity contribution in [2.75, 3.05) is 10.8 Å². The molecule has 11 heteroatoms. The number of anilines is 1. The lowest BCUT2D eigenvalue weighted by molar-refractivity contribution is -0.117. The van der Waals surface area contributed by atoms with Gasteiger partial charge in [-0.1, -0.05) is 0 Å². The van der Waals surface area contributed by atoms with Gasteiger partial charge >= 0.3 is 6.18 Å². The third kappa shape index (κ3) is 5.80. The summed E-state index contributed by atoms with van der Waals surface area (Å²) < 4.78 is 94.7. The largest absolute Gasteiger partial charge is 0.755 e. The van der Waals surface area contributed by atoms with Gasteiger partial charge in [0.1, 0.15) is 18.1 Å². The summed E-state index contributed by atoms with van der Waals surface area (Å²) in [6.45, 7) is 1.66. The highest BCUT2D eigenvalue weighted by molar-refractivity contribution is 7.80. The second-order valence-corrected chi connectivity index (χ2v) is 7.74. The van der Waals surface area contributed by atoms with Crippen molar-refractivity contribution in [3.63, 3.8) is 0 Å². The van der Waals surface area contributed by atoms with E-state index < -0.39 is 35.6 Å². The monoisotopic (exact) mass is 471 g/mol. The van der Waals surface area contributed by atoms with Crippen molar-refractivity contribution in [3.05, 3.63) is 71.6 Å². The van der Waals surface area contributed by atoms with E-state index in [4.69, 9.17) is 4.74 Å². The van der Waals surface area contributed by atoms with Crippen LogP contribution in [0.15, 0.2) is 48.5 Å². The number of benzene rings is 2. The summed E-state index contributed by atoms with van der Waals surface area (Å²) in [4.78, 5) is 4.23. The van der Waals surface area contributed by atoms with Gasteiger partial charge in [0, 0.05) is 40.0 Å². The molecule has 1 unspecified atom stereocenters. The zero-order chi connectivity index (χ0) is 23.6. The Bertz CT molecular complexity index is 1150. The van der Waals surface area contributed by atoms with Gasteiger partial charge in [0.15, 0.2) is 11.6 Å². The topological polar surface area (TPSA) is 65.5 Å². The highest BCUT2D eigenvalue weighted by Crippen LogP contribution is 2.38. The molecule has 0 fully saturated rings. The van der Waals surface area contributed by atoms with Crippen LogP contribution in [0.5, 0.6) is 11.5 Å². The third-order valence-corrected chi connectivity index (χ3v) is 4.96. The second-order valence-electron chi connectivity index (χ2n) is 6.86. The van der Waals surface area contributed by atoms with E-state index in [0.717, 1.165) is 18.2 Å². The lowest BCUT2D eigenvalue weighted by Crippen LogP contribution is -2.35. The zero-order valence-electron chi connectivity index (χ0n) is 16.7. The standard InChI is InChI=1S/C21H17F5N2O3S/c1-12-7-14(8-13(2)27-12)17-10-16(28(32(29)30)11-21(24,25)26)4-6-19(17)31-20-5-3-15(22)9-18(20)23/h3-10H,11H2,1-2H3,(H,29,30)/p-1. The van der Waals surface area contributed by atoms with E-state index >= 15 is 0 Å². The van der Waals surface area contributed by atoms with Crippen molar-refractivity contribution < 1.29 is 35.5 Å². The molecular weight excluding hydrogens is 455 g/mol. The van der Waals surface area contributed by atoms with Crippen molar-refractivity contribution in [2.45, 2.75) is 20.0 Å². The maximum absolute atomic E-state index is 14.1. The maximum Gasteiger partial charge on any atom is 0.406 e. The van der Waals surface area contributed by atoms with E-state index in [-0.39, 0.29) is 27.1 Å². The fraction of sp³-hybridized carbons (Fsp3) is 0.190. The van der Waals surface area contributed by atoms with E-state index in [0.29, 0.717) is 23.0 Å². The molecule has 3 aromatic rings. The number of nitrogens with zero attached hydrogens (tertiary/aromatic N) is 2. The minimum absolute atomic E-state index is 0.0212. The van der Waals surface area contributed by atoms with Crippen LogP contribution in [-0.4, -0.2) is 26.5 Å². The molecule has 0 N–H and O–H groups in total. The van der Waals surface area contributed by atoms with Gasteiger partial charge in [-0.25, -0.2) is 8.78 Å². The first-order valence-corrected chi connectivity index (χ1v) is 10.1. The molecule has 0 amide bonds. The zero-order valence-corrected chi connectivity index (χ0v) is 17.6. The number of aryl methyl sites for hydroxylation is 2. The summed E-state index contributed by atoms with van der Waals surface area (Å²) in [6.07, 6.45) is -4.78. The Hall–Kier alpha value is -3.05. The predicted molar refractivity (Wildman–Crippen MR) is 108 cm³/mol. The average molecular weight is 471 g/mol. The molecule has 170 valence electrons. The molecule has 1 atom stereocenters. The molecule has 5 nitrogen and oxygen atoms in total. The van der Waals surface area contributed by atoms with Gasteiger partial charge in [0.25, 0.3) is 0 Å². The summed E-state index contributed by atoms with van der Waals surface area (Å²) >= 11 is -3.22. The van der Waals surface area contributed by atoms with Crippen molar-refractivity contribution in [1.29, 1.82) is 0 Å². The van der Waals surface area contributed by atoms with E-state index in [1.807, 2.05) is 0 Å². The van der Waals surface area contributed by atoms with Gasteiger partial charge in [-0.05, 0) is 61.9 Å². The molecule has 0 radical (unpaired) electrons. The normalized spacial score (nSPS) is 12.5. The molecule has 0 aliphatic carbocycles. The second kappa shape index (κ2) is 9.21. The minimum atomic E-state index is -4.78. The number of pyridine rings is 1. The Morgan fingerprint density at radius 2 is 1.62 bits per heavy atom. The molecule has 3 rings (SSSR count). The fourth-order valence-corrected chi connectivity index (χ4v) is 3.58. The molecule has 32 heavy (non-hydrogen) atoms. The van der Waals surface area contributed by atoms with Crippen LogP contribution in [0.25, 0.3) is 11.1 Å². The van der Waals surface area contributed by atoms with Crippen molar-refractivity contribution in [2.24, 2.45) is 0 Å². The number of hydrogen-bond acceptors (Lipinski definition) is 4. The summed E-state index contributed by atoms with van der Waals surface area (Å²) in [5.74, 6) is -2.09. The Labute approximate surface area is 182 Å². The van der Waals surface area contributed by atoms with Gasteiger partial charge in [-0.15, -0.1) is 0 Å². The first kappa shape index (κ1) is 23.6. The highest BCUT2D eigenvalue weighted by Gasteiger charge is 2.32. The molecular formula is C21H16F5N2O3S-. The number of halogens is 5. The molecule has 2 aromatic carbocycles. The lowest BCUT2D eigenvalue weighted by Gasteiger charge is -2.28. The minimum Gasteiger partial charge on any atom is -0.755 e. The molecule has 0 aliphatic rings. The molecule has 1 heterocycles. The van der Waals surface area contributed by atoms with Crippen LogP contribution in [0, 0.1) is 25.5 Å². The van der Waals surface area contributed by atoms with Crippen LogP contribution in [-0.2, 0) is 11.3 Å². The number of hydrogen-bond donors (Lipinski definition) is 0. The molecule has 0 saturated heterocycles. The molecule has 0 aliphatic heterocycles. The van der Waals surface area contributed by atoms with E-state index in [1.54, 1.807) is 26.0 Å². The average Bonchev–Trinajstić information content (AvgIpc) is 2.67. The fourth-order valence-electron chi connectivity index (χ4n) is 3.05. The van der Waals surface area contributed by atoms with Crippen LogP contribution >= 0.6 is 0 Å². The van der Waals surface area contributed by atoms with Gasteiger partial charge in [0.2, 0.25) is 0 Å². The summed E-state index contributed by atoms with van der Waals surface area (Å²) in [5.41, 5.74) is 1.55. The first-order chi connectivity index (χ1) is 14.9. The Morgan fingerprint density at radius 1 is 1.00 bits per heavy atom. The first-order valence-electron chi connectivity index (χ1n) is 9.09. The summed E-state index contributed by atoms with van der Waals surface area (Å²) in [6, 6.07) is 9.40. The van der Waals surface area contributed by atoms with Crippen molar-refractivity contribution in [3.8, 4) is 22.6 Å². The van der Waals surface area contributed by atoms with Crippen LogP contribution < -0.4 is 9.04 Å². The van der Waals surface area contributed by atoms with Crippen LogP contribution in [0.4, 0.5) is 27.6 Å². The number of alkyl halides is 3. The Kier molecular flexibility index (Phi) is 6.79. The maximum atomic E-state index is 14.1. The van der Waals surface area contributed by atoms with Crippen LogP contribution in [0.2, 0.25) is 0 Å². The molecule has 1 aromatic heterocycles. The molecule has 0 spiro atoms. The smallest absolute Gasteiger partial charge is 0.406 e. The van der Waals surface area contributed by atoms with Gasteiger partial charge in [-0.2, -0.15) is 13.2 Å². The van der Waals surface area contributed by atoms with E-state index in [1.165, 1.54) is 12.1 Å². The van der Waals surface area contributed by atoms with Gasteiger partial charge in [-0.3, -0.25) is 13.5 Å². The summed E-state index contributed by atoms with van der Waals surface area (Å²) in [5, 5.41) is 0. The molecule has 0 bridgehead atoms. The molecule has 0 saturated carbocycles. The van der Waals surface area contributed by atoms with Crippen molar-refractivity contribution >= 4 is 17.0 Å². The van der Waals surface area contributed by atoms with Gasteiger partial charge < -0.3 is 9.29 Å². The number of aromatic nitrogens is 1. The lowest BCUT2D eigenvalue weighted by atomic mass is 10.0. The number of rotatable bonds is 6. The highest BCUT2D eigenvalue weighted by atomic mass is 32.2. The quantitative estimate of drug-likeness (QED) is 0.347. The summed E-state index contributed by atoms with van der Waals surface area (Å²) in [7, 11) is 0. The third-order valence-electron chi connectivity index (χ3n) is 4.26. The predicted octanol–water partition coefficient (Wildman–Crippen LogP) is 5.60. The van der Waals surface area contributed by atoms with E-state index in [2.05, 4.69) is 4.98 Å². The van der Waals surface area contributed by atoms with E-state index in [9.17, 15) is 30.7 Å². The van der Waals surface area contributed by atoms with Gasteiger partial charge in [0.05, 0.1) is 0 Å². The Morgan fingerprint density at radius 3 is 2.19 bits per heavy atom. The number of ether oxygens (including phenoxy) is 1. The Balaban J connectivity index is 2.15. The van der Waals surface area contributed by atoms with Crippen molar-refractivity contribution in [1.82, 2.24) is 4.98 Å². The SMILES string of the molecule is Cc1cc(-c2cc(N(CC(F)(F)F)S(=O)[O-])ccc2Oc2ccc(F)cc2F)cc(C)n1. The van der Waals surface area contributed by atoms with Crippen LogP contribution in [0.1, 0.15) is 11.4 Å². The van der Waals surface area contributed by atoms with Crippen LogP contribution in [0.3, 0.4) is 0 Å².